The molecule has 0 aromatic heterocycles. The molecule has 5 rings (SSSR count). The number of hydrogen-bond acceptors (Lipinski definition) is 13. The number of carbonyl (C=O) groups excluding carboxylic acids is 4. The Morgan fingerprint density at radius 3 is 2.32 bits per heavy atom. The third-order valence-corrected chi connectivity index (χ3v) is 10.6. The summed E-state index contributed by atoms with van der Waals surface area (Å²) in [6, 6.07) is 12.3. The van der Waals surface area contributed by atoms with E-state index in [1.54, 1.807) is 30.3 Å². The number of rotatable bonds is 15. The van der Waals surface area contributed by atoms with Gasteiger partial charge in [0.15, 0.2) is 23.9 Å². The first kappa shape index (κ1) is 38.8. The number of methoxy groups -OCH3 is 3. The fraction of sp³-hybridized carbons (Fsp3) is 0.265. The summed E-state index contributed by atoms with van der Waals surface area (Å²) in [7, 11) is 4.25. The second-order valence-corrected chi connectivity index (χ2v) is 13.7. The van der Waals surface area contributed by atoms with Crippen LogP contribution in [0.3, 0.4) is 0 Å². The van der Waals surface area contributed by atoms with Gasteiger partial charge >= 0.3 is 11.7 Å². The maximum Gasteiger partial charge on any atom is 0.352 e. The minimum atomic E-state index is -1.38. The topological polar surface area (TPSA) is 213 Å². The van der Waals surface area contributed by atoms with Gasteiger partial charge in [-0.05, 0) is 35.4 Å². The SMILES string of the molecule is COc1cc(C(=O)SCC2=C(C(=O)O)N3C(=O)C(NC(=O)[C@@H](NC(=O)COc4ccc(Cl)cc4[N+](=O)[O-])c4ccccc4)[C@@H]3SC2)cc(OC)c1OC. The van der Waals surface area contributed by atoms with Crippen molar-refractivity contribution in [1.29, 1.82) is 0 Å². The number of fused-ring (bicyclic) bond motifs is 1. The highest BCUT2D eigenvalue weighted by Crippen LogP contribution is 2.43. The van der Waals surface area contributed by atoms with Gasteiger partial charge < -0.3 is 34.7 Å². The molecule has 3 amide bonds. The molecule has 2 aliphatic heterocycles. The van der Waals surface area contributed by atoms with E-state index < -0.39 is 63.5 Å². The van der Waals surface area contributed by atoms with Gasteiger partial charge in [0, 0.05) is 28.2 Å². The summed E-state index contributed by atoms with van der Waals surface area (Å²) in [5.74, 6) is -2.91. The maximum atomic E-state index is 13.6. The smallest absolute Gasteiger partial charge is 0.352 e. The predicted molar refractivity (Wildman–Crippen MR) is 193 cm³/mol. The van der Waals surface area contributed by atoms with E-state index in [0.717, 1.165) is 22.7 Å². The number of thioether (sulfide) groups is 2. The molecule has 2 heterocycles. The Balaban J connectivity index is 1.27. The van der Waals surface area contributed by atoms with Crippen molar-refractivity contribution in [3.8, 4) is 23.0 Å². The highest BCUT2D eigenvalue weighted by molar-refractivity contribution is 8.14. The van der Waals surface area contributed by atoms with Crippen LogP contribution in [0.15, 0.2) is 71.9 Å². The Labute approximate surface area is 315 Å². The molecule has 16 nitrogen and oxygen atoms in total. The number of ether oxygens (including phenoxy) is 4. The van der Waals surface area contributed by atoms with Crippen LogP contribution >= 0.6 is 35.1 Å². The number of halogens is 1. The summed E-state index contributed by atoms with van der Waals surface area (Å²) in [5.41, 5.74) is 0.179. The molecule has 3 N–H and O–H groups in total. The first-order valence-corrected chi connectivity index (χ1v) is 17.9. The summed E-state index contributed by atoms with van der Waals surface area (Å²) in [4.78, 5) is 77.4. The second-order valence-electron chi connectivity index (χ2n) is 11.2. The molecular weight excluding hydrogens is 756 g/mol. The average molecular weight is 787 g/mol. The van der Waals surface area contributed by atoms with Gasteiger partial charge in [0.05, 0.1) is 26.3 Å². The first-order valence-electron chi connectivity index (χ1n) is 15.5. The number of carbonyl (C=O) groups is 5. The molecular formula is C34H31ClN4O12S2. The number of carboxylic acids is 1. The number of nitro groups is 1. The summed E-state index contributed by atoms with van der Waals surface area (Å²) < 4.78 is 21.3. The molecule has 1 saturated heterocycles. The van der Waals surface area contributed by atoms with E-state index >= 15 is 0 Å². The van der Waals surface area contributed by atoms with Crippen LogP contribution in [0.5, 0.6) is 23.0 Å². The molecule has 0 bridgehead atoms. The van der Waals surface area contributed by atoms with E-state index in [4.69, 9.17) is 30.5 Å². The molecule has 53 heavy (non-hydrogen) atoms. The van der Waals surface area contributed by atoms with E-state index in [0.29, 0.717) is 16.9 Å². The standard InChI is InChI=1S/C34H31ClN4O12S2/c1-48-23-11-18(12-24(49-2)29(23)50-3)34(45)53-16-19-15-52-32-27(31(42)38(32)28(19)33(43)44)37-30(41)26(17-7-5-4-6-8-17)36-25(40)14-51-22-10-9-20(35)13-21(22)39(46)47/h4-13,26-27,32H,14-16H2,1-3H3,(H,36,40)(H,37,41)(H,43,44)/t26-,27?,32-/m0/s1. The summed E-state index contributed by atoms with van der Waals surface area (Å²) in [6.45, 7) is -0.691. The predicted octanol–water partition coefficient (Wildman–Crippen LogP) is 3.82. The summed E-state index contributed by atoms with van der Waals surface area (Å²) in [5, 5.41) is 25.6. The van der Waals surface area contributed by atoms with E-state index in [9.17, 15) is 39.2 Å². The van der Waals surface area contributed by atoms with Crippen molar-refractivity contribution in [3.05, 3.63) is 98.2 Å². The van der Waals surface area contributed by atoms with Crippen molar-refractivity contribution in [2.45, 2.75) is 17.5 Å². The number of benzene rings is 3. The van der Waals surface area contributed by atoms with Gasteiger partial charge in [-0.25, -0.2) is 4.79 Å². The molecule has 2 aliphatic rings. The quantitative estimate of drug-likeness (QED) is 0.114. The zero-order valence-electron chi connectivity index (χ0n) is 28.2. The maximum absolute atomic E-state index is 13.6. The molecule has 0 spiro atoms. The third-order valence-electron chi connectivity index (χ3n) is 8.00. The zero-order valence-corrected chi connectivity index (χ0v) is 30.5. The van der Waals surface area contributed by atoms with Gasteiger partial charge in [-0.15, -0.1) is 11.8 Å². The van der Waals surface area contributed by atoms with Crippen LogP contribution in [0.25, 0.3) is 0 Å². The van der Waals surface area contributed by atoms with Crippen LogP contribution in [0.2, 0.25) is 5.02 Å². The fourth-order valence-corrected chi connectivity index (χ4v) is 7.98. The monoisotopic (exact) mass is 786 g/mol. The Bertz CT molecular complexity index is 1970. The number of hydrogen-bond donors (Lipinski definition) is 3. The number of nitrogens with zero attached hydrogens (tertiary/aromatic N) is 2. The minimum absolute atomic E-state index is 0.0407. The van der Waals surface area contributed by atoms with Crippen molar-refractivity contribution in [2.24, 2.45) is 0 Å². The molecule has 1 fully saturated rings. The van der Waals surface area contributed by atoms with Gasteiger partial charge in [0.25, 0.3) is 11.8 Å². The van der Waals surface area contributed by atoms with Gasteiger partial charge in [0.2, 0.25) is 16.8 Å². The van der Waals surface area contributed by atoms with E-state index in [1.807, 2.05) is 0 Å². The fourth-order valence-electron chi connectivity index (χ4n) is 5.51. The Kier molecular flexibility index (Phi) is 12.4. The Hall–Kier alpha value is -5.46. The molecule has 0 aliphatic carbocycles. The molecule has 3 aromatic rings. The van der Waals surface area contributed by atoms with Crippen molar-refractivity contribution in [3.63, 3.8) is 0 Å². The third kappa shape index (κ3) is 8.45. The number of carboxylic acid groups (broad SMARTS) is 1. The van der Waals surface area contributed by atoms with Gasteiger partial charge in [-0.3, -0.25) is 34.2 Å². The first-order chi connectivity index (χ1) is 25.4. The Morgan fingerprint density at radius 2 is 1.72 bits per heavy atom. The van der Waals surface area contributed by atoms with Crippen LogP contribution in [-0.2, 0) is 19.2 Å². The zero-order chi connectivity index (χ0) is 38.4. The lowest BCUT2D eigenvalue weighted by Crippen LogP contribution is -2.71. The normalized spacial score (nSPS) is 16.8. The number of β-lactam (4-membered cyclic amide) rings is 1. The summed E-state index contributed by atoms with van der Waals surface area (Å²) >= 11 is 7.89. The van der Waals surface area contributed by atoms with Gasteiger partial charge in [0.1, 0.15) is 23.2 Å². The molecule has 0 saturated carbocycles. The molecule has 278 valence electrons. The van der Waals surface area contributed by atoms with E-state index in [-0.39, 0.29) is 45.0 Å². The lowest BCUT2D eigenvalue weighted by Gasteiger charge is -2.49. The molecule has 1 unspecified atom stereocenters. The minimum Gasteiger partial charge on any atom is -0.493 e. The van der Waals surface area contributed by atoms with Crippen molar-refractivity contribution < 1.29 is 52.9 Å². The van der Waals surface area contributed by atoms with Crippen LogP contribution < -0.4 is 29.6 Å². The number of aliphatic carboxylic acids is 1. The van der Waals surface area contributed by atoms with Gasteiger partial charge in [-0.1, -0.05) is 53.7 Å². The molecule has 3 aromatic carbocycles. The summed E-state index contributed by atoms with van der Waals surface area (Å²) in [6.07, 6.45) is 0. The van der Waals surface area contributed by atoms with E-state index in [1.165, 1.54) is 57.4 Å². The van der Waals surface area contributed by atoms with Crippen LogP contribution in [-0.4, -0.2) is 94.6 Å². The number of amides is 3. The van der Waals surface area contributed by atoms with Crippen molar-refractivity contribution in [2.75, 3.05) is 39.4 Å². The second kappa shape index (κ2) is 16.9. The lowest BCUT2D eigenvalue weighted by molar-refractivity contribution is -0.385. The molecule has 3 atom stereocenters. The van der Waals surface area contributed by atoms with Crippen LogP contribution in [0.4, 0.5) is 5.69 Å². The lowest BCUT2D eigenvalue weighted by atomic mass is 10.0. The largest absolute Gasteiger partial charge is 0.493 e. The van der Waals surface area contributed by atoms with Crippen LogP contribution in [0, 0.1) is 10.1 Å². The van der Waals surface area contributed by atoms with Crippen molar-refractivity contribution >= 4 is 69.6 Å². The Morgan fingerprint density at radius 1 is 1.04 bits per heavy atom. The molecule has 19 heteroatoms. The number of nitrogens with one attached hydrogen (secondary N) is 2. The highest BCUT2D eigenvalue weighted by atomic mass is 35.5. The number of nitro benzene ring substituents is 1. The highest BCUT2D eigenvalue weighted by Gasteiger charge is 2.54. The van der Waals surface area contributed by atoms with Gasteiger partial charge in [-0.2, -0.15) is 0 Å². The average Bonchev–Trinajstić information content (AvgIpc) is 3.16. The van der Waals surface area contributed by atoms with Crippen molar-refractivity contribution in [1.82, 2.24) is 15.5 Å². The van der Waals surface area contributed by atoms with Crippen LogP contribution in [0.1, 0.15) is 22.0 Å². The molecule has 0 radical (unpaired) electrons. The van der Waals surface area contributed by atoms with E-state index in [2.05, 4.69) is 10.6 Å².